The maximum absolute atomic E-state index is 13.8. The molecule has 6 rings (SSSR count). The fraction of sp³-hybridized carbons (Fsp3) is 0.333. The first-order chi connectivity index (χ1) is 18.3. The molecule has 2 saturated heterocycles. The van der Waals surface area contributed by atoms with E-state index in [0.29, 0.717) is 28.7 Å². The molecule has 0 N–H and O–H groups in total. The third-order valence-electron chi connectivity index (χ3n) is 7.34. The number of hydrogen-bond acceptors (Lipinski definition) is 6. The van der Waals surface area contributed by atoms with Crippen LogP contribution in [0.5, 0.6) is 0 Å². The van der Waals surface area contributed by atoms with Crippen molar-refractivity contribution in [2.24, 2.45) is 5.92 Å². The highest BCUT2D eigenvalue weighted by Gasteiger charge is 2.56. The quantitative estimate of drug-likeness (QED) is 0.400. The molecule has 3 aliphatic heterocycles. The molecule has 0 spiro atoms. The monoisotopic (exact) mass is 615 g/mol. The molecule has 38 heavy (non-hydrogen) atoms. The molecule has 4 heterocycles. The smallest absolute Gasteiger partial charge is 0.308 e. The lowest BCUT2D eigenvalue weighted by atomic mass is 9.83. The second-order valence-electron chi connectivity index (χ2n) is 9.65. The van der Waals surface area contributed by atoms with E-state index in [1.54, 1.807) is 4.90 Å². The van der Waals surface area contributed by atoms with Crippen molar-refractivity contribution in [2.45, 2.75) is 42.0 Å². The average molecular weight is 617 g/mol. The number of imide groups is 1. The van der Waals surface area contributed by atoms with Crippen molar-refractivity contribution in [3.8, 4) is 0 Å². The molecule has 1 aromatic heterocycles. The number of thiazole rings is 1. The summed E-state index contributed by atoms with van der Waals surface area (Å²) >= 11 is 5.72. The minimum atomic E-state index is -0.783. The summed E-state index contributed by atoms with van der Waals surface area (Å²) in [5, 5.41) is -0.215. The molecule has 3 aromatic rings. The number of thioether (sulfide) groups is 1. The fourth-order valence-corrected chi connectivity index (χ4v) is 8.73. The van der Waals surface area contributed by atoms with Crippen LogP contribution in [0.15, 0.2) is 62.8 Å². The molecule has 3 amide bonds. The lowest BCUT2D eigenvalue weighted by Crippen LogP contribution is -2.39. The van der Waals surface area contributed by atoms with Gasteiger partial charge in [0.1, 0.15) is 17.6 Å². The Bertz CT molecular complexity index is 1500. The van der Waals surface area contributed by atoms with E-state index < -0.39 is 28.8 Å². The van der Waals surface area contributed by atoms with Gasteiger partial charge in [-0.15, -0.1) is 0 Å². The number of carbonyl (C=O) groups excluding carboxylic acids is 3. The number of nitrogens with zero attached hydrogens (tertiary/aromatic N) is 3. The number of benzene rings is 2. The zero-order valence-electron chi connectivity index (χ0n) is 20.1. The normalized spacial score (nSPS) is 22.9. The highest BCUT2D eigenvalue weighted by molar-refractivity contribution is 9.10. The van der Waals surface area contributed by atoms with Crippen LogP contribution in [0.4, 0.5) is 10.1 Å². The summed E-state index contributed by atoms with van der Waals surface area (Å²) < 4.78 is 15.9. The topological polar surface area (TPSA) is 79.7 Å². The molecule has 196 valence electrons. The Hall–Kier alpha value is -2.76. The zero-order valence-corrected chi connectivity index (χ0v) is 23.4. The van der Waals surface area contributed by atoms with Crippen LogP contribution in [0.1, 0.15) is 35.6 Å². The molecule has 3 aliphatic rings. The number of hydrogen-bond donors (Lipinski definition) is 0. The average Bonchev–Trinajstić information content (AvgIpc) is 3.36. The molecule has 3 unspecified atom stereocenters. The summed E-state index contributed by atoms with van der Waals surface area (Å²) in [5.74, 6) is -2.66. The molecular formula is C27H23BrFN3O4S2. The molecule has 0 aliphatic carbocycles. The number of aromatic nitrogens is 1. The number of likely N-dealkylation sites (tertiary alicyclic amines) is 1. The van der Waals surface area contributed by atoms with E-state index in [4.69, 9.17) is 0 Å². The molecular weight excluding hydrogens is 593 g/mol. The van der Waals surface area contributed by atoms with Gasteiger partial charge in [0.15, 0.2) is 0 Å². The number of fused-ring (bicyclic) bond motifs is 2. The first kappa shape index (κ1) is 25.5. The number of rotatable bonds is 4. The Labute approximate surface area is 234 Å². The number of piperidine rings is 1. The highest BCUT2D eigenvalue weighted by atomic mass is 79.9. The van der Waals surface area contributed by atoms with E-state index in [0.717, 1.165) is 45.5 Å². The van der Waals surface area contributed by atoms with Crippen LogP contribution in [0.2, 0.25) is 0 Å². The maximum atomic E-state index is 13.8. The maximum Gasteiger partial charge on any atom is 0.308 e. The van der Waals surface area contributed by atoms with Crippen LogP contribution in [0.25, 0.3) is 0 Å². The van der Waals surface area contributed by atoms with E-state index in [1.807, 2.05) is 24.3 Å². The minimum Gasteiger partial charge on any atom is -0.341 e. The zero-order chi connectivity index (χ0) is 26.6. The van der Waals surface area contributed by atoms with E-state index in [-0.39, 0.29) is 23.2 Å². The fourth-order valence-electron chi connectivity index (χ4n) is 5.54. The van der Waals surface area contributed by atoms with Crippen LogP contribution >= 0.6 is 39.0 Å². The van der Waals surface area contributed by atoms with Crippen LogP contribution in [0.3, 0.4) is 0 Å². The molecule has 0 saturated carbocycles. The van der Waals surface area contributed by atoms with Crippen molar-refractivity contribution >= 4 is 62.4 Å². The molecule has 11 heteroatoms. The van der Waals surface area contributed by atoms with Crippen molar-refractivity contribution in [1.29, 1.82) is 0 Å². The van der Waals surface area contributed by atoms with E-state index >= 15 is 0 Å². The van der Waals surface area contributed by atoms with Gasteiger partial charge in [-0.25, -0.2) is 9.29 Å². The summed E-state index contributed by atoms with van der Waals surface area (Å²) in [6.45, 7) is 1.26. The Balaban J connectivity index is 1.44. The molecule has 2 aromatic carbocycles. The summed E-state index contributed by atoms with van der Waals surface area (Å²) in [4.78, 5) is 57.2. The molecule has 0 bridgehead atoms. The van der Waals surface area contributed by atoms with Gasteiger partial charge in [0.25, 0.3) is 0 Å². The standard InChI is InChI=1S/C27H23BrFN3O4S2/c28-16-6-4-5-15(13-16)20-21-22(25(35)32(24(21)34)18-9-7-17(29)8-10-18)37-26-23(20)38-27(36)31(26)14-19(33)30-11-2-1-3-12-30/h4-10,13,20-22H,1-3,11-12,14H2. The van der Waals surface area contributed by atoms with E-state index in [1.165, 1.54) is 40.6 Å². The van der Waals surface area contributed by atoms with Crippen molar-refractivity contribution in [3.63, 3.8) is 0 Å². The van der Waals surface area contributed by atoms with Gasteiger partial charge in [0.2, 0.25) is 17.7 Å². The third kappa shape index (κ3) is 4.34. The Morgan fingerprint density at radius 3 is 2.45 bits per heavy atom. The summed E-state index contributed by atoms with van der Waals surface area (Å²) in [6, 6.07) is 12.8. The first-order valence-corrected chi connectivity index (χ1v) is 14.9. The summed E-state index contributed by atoms with van der Waals surface area (Å²) in [7, 11) is 0. The van der Waals surface area contributed by atoms with Crippen molar-refractivity contribution in [3.05, 3.63) is 78.9 Å². The van der Waals surface area contributed by atoms with Gasteiger partial charge < -0.3 is 4.90 Å². The minimum absolute atomic E-state index is 0.0932. The number of amides is 3. The van der Waals surface area contributed by atoms with Crippen molar-refractivity contribution in [2.75, 3.05) is 18.0 Å². The van der Waals surface area contributed by atoms with Gasteiger partial charge in [-0.1, -0.05) is 51.2 Å². The number of halogens is 2. The molecule has 3 atom stereocenters. The second kappa shape index (κ2) is 10.1. The van der Waals surface area contributed by atoms with Gasteiger partial charge in [0.05, 0.1) is 16.6 Å². The molecule has 0 radical (unpaired) electrons. The molecule has 7 nitrogen and oxygen atoms in total. The van der Waals surface area contributed by atoms with E-state index in [2.05, 4.69) is 15.9 Å². The van der Waals surface area contributed by atoms with Gasteiger partial charge in [-0.3, -0.25) is 23.7 Å². The Morgan fingerprint density at radius 1 is 1.00 bits per heavy atom. The predicted octanol–water partition coefficient (Wildman–Crippen LogP) is 4.62. The highest BCUT2D eigenvalue weighted by Crippen LogP contribution is 2.54. The lowest BCUT2D eigenvalue weighted by Gasteiger charge is -2.31. The van der Waals surface area contributed by atoms with Crippen LogP contribution in [-0.4, -0.2) is 45.5 Å². The third-order valence-corrected chi connectivity index (χ3v) is 10.4. The Kier molecular flexibility index (Phi) is 6.77. The van der Waals surface area contributed by atoms with Crippen LogP contribution < -0.4 is 9.77 Å². The van der Waals surface area contributed by atoms with Crippen LogP contribution in [0, 0.1) is 11.7 Å². The molecule has 2 fully saturated rings. The summed E-state index contributed by atoms with van der Waals surface area (Å²) in [6.07, 6.45) is 2.98. The van der Waals surface area contributed by atoms with Gasteiger partial charge in [-0.05, 0) is 61.2 Å². The number of anilines is 1. The van der Waals surface area contributed by atoms with Crippen LogP contribution in [-0.2, 0) is 20.9 Å². The van der Waals surface area contributed by atoms with E-state index in [9.17, 15) is 23.6 Å². The number of carbonyl (C=O) groups is 3. The second-order valence-corrected chi connectivity index (χ2v) is 12.7. The summed E-state index contributed by atoms with van der Waals surface area (Å²) in [5.41, 5.74) is 1.11. The van der Waals surface area contributed by atoms with Crippen molar-refractivity contribution in [1.82, 2.24) is 9.47 Å². The predicted molar refractivity (Wildman–Crippen MR) is 147 cm³/mol. The van der Waals surface area contributed by atoms with Gasteiger partial charge >= 0.3 is 4.87 Å². The van der Waals surface area contributed by atoms with Gasteiger partial charge in [-0.2, -0.15) is 0 Å². The largest absolute Gasteiger partial charge is 0.341 e. The Morgan fingerprint density at radius 2 is 1.74 bits per heavy atom. The van der Waals surface area contributed by atoms with Crippen molar-refractivity contribution < 1.29 is 18.8 Å². The lowest BCUT2D eigenvalue weighted by molar-refractivity contribution is -0.133. The SMILES string of the molecule is O=C(Cn1c2c(sc1=O)C(c1cccc(Br)c1)C1C(=O)N(c3ccc(F)cc3)C(=O)C1S2)N1CCCCC1. The first-order valence-electron chi connectivity index (χ1n) is 12.4. The van der Waals surface area contributed by atoms with Gasteiger partial charge in [0, 0.05) is 28.4 Å².